The number of aliphatic hydroxyl groups excluding tert-OH is 4. The van der Waals surface area contributed by atoms with Gasteiger partial charge in [-0.25, -0.2) is 0 Å². The van der Waals surface area contributed by atoms with Crippen LogP contribution in [0.1, 0.15) is 108 Å². The molecule has 0 aromatic rings. The Bertz CT molecular complexity index is 246. The van der Waals surface area contributed by atoms with Gasteiger partial charge in [0.25, 0.3) is 0 Å². The summed E-state index contributed by atoms with van der Waals surface area (Å²) in [5.74, 6) is -0.675. The van der Waals surface area contributed by atoms with Crippen molar-refractivity contribution in [2.24, 2.45) is 5.41 Å². The van der Waals surface area contributed by atoms with Crippen molar-refractivity contribution in [3.63, 3.8) is 0 Å². The highest BCUT2D eigenvalue weighted by molar-refractivity contribution is 5.66. The topological polar surface area (TPSA) is 118 Å². The first-order valence-corrected chi connectivity index (χ1v) is 10.3. The minimum atomic E-state index is -0.675. The molecule has 28 heavy (non-hydrogen) atoms. The van der Waals surface area contributed by atoms with E-state index in [4.69, 9.17) is 25.5 Å². The second kappa shape index (κ2) is 26.3. The fourth-order valence-electron chi connectivity index (χ4n) is 1.11. The molecule has 0 saturated carbocycles. The molecule has 0 heterocycles. The lowest BCUT2D eigenvalue weighted by Gasteiger charge is -2.17. The summed E-state index contributed by atoms with van der Waals surface area (Å²) in [6.07, 6.45) is 3.86. The predicted molar refractivity (Wildman–Crippen MR) is 120 cm³/mol. The summed E-state index contributed by atoms with van der Waals surface area (Å²) >= 11 is 0. The third kappa shape index (κ3) is 217. The van der Waals surface area contributed by atoms with Crippen LogP contribution in [0.15, 0.2) is 0 Å². The average molecular weight is 413 g/mol. The quantitative estimate of drug-likeness (QED) is 0.421. The van der Waals surface area contributed by atoms with E-state index >= 15 is 0 Å². The van der Waals surface area contributed by atoms with Gasteiger partial charge in [-0.2, -0.15) is 0 Å². The summed E-state index contributed by atoms with van der Waals surface area (Å²) < 4.78 is 0. The van der Waals surface area contributed by atoms with Gasteiger partial charge in [0, 0.05) is 30.8 Å². The highest BCUT2D eigenvalue weighted by Gasteiger charge is 2.08. The van der Waals surface area contributed by atoms with Gasteiger partial charge in [-0.3, -0.25) is 4.79 Å². The summed E-state index contributed by atoms with van der Waals surface area (Å²) in [5, 5.41) is 40.6. The molecule has 0 aliphatic carbocycles. The van der Waals surface area contributed by atoms with E-state index in [0.29, 0.717) is 11.8 Å². The van der Waals surface area contributed by atoms with Crippen molar-refractivity contribution in [3.05, 3.63) is 0 Å². The molecule has 0 rings (SSSR count). The molecular weight excluding hydrogens is 360 g/mol. The van der Waals surface area contributed by atoms with Crippen molar-refractivity contribution in [1.82, 2.24) is 0 Å². The first kappa shape index (κ1) is 38.0. The molecule has 0 atom stereocenters. The molecule has 0 aromatic heterocycles. The molecule has 0 aliphatic heterocycles. The Labute approximate surface area is 175 Å². The van der Waals surface area contributed by atoms with E-state index in [1.54, 1.807) is 55.4 Å². The summed E-state index contributed by atoms with van der Waals surface area (Å²) in [6, 6.07) is 0. The number of carboxylic acids is 1. The number of rotatable bonds is 5. The second-order valence-electron chi connectivity index (χ2n) is 8.89. The van der Waals surface area contributed by atoms with Gasteiger partial charge in [0.2, 0.25) is 0 Å². The molecule has 0 radical (unpaired) electrons. The Morgan fingerprint density at radius 1 is 0.643 bits per heavy atom. The molecular formula is C22H52O6. The Balaban J connectivity index is -0.0000000910. The van der Waals surface area contributed by atoms with Gasteiger partial charge in [-0.05, 0) is 73.6 Å². The van der Waals surface area contributed by atoms with Gasteiger partial charge >= 0.3 is 5.97 Å². The second-order valence-corrected chi connectivity index (χ2v) is 8.89. The number of carboxylic acid groups (broad SMARTS) is 1. The Kier molecular flexibility index (Phi) is 35.7. The molecule has 0 bridgehead atoms. The first-order chi connectivity index (χ1) is 12.3. The zero-order valence-corrected chi connectivity index (χ0v) is 20.5. The summed E-state index contributed by atoms with van der Waals surface area (Å²) in [7, 11) is 0. The van der Waals surface area contributed by atoms with E-state index in [2.05, 4.69) is 20.8 Å². The third-order valence-electron chi connectivity index (χ3n) is 1.82. The van der Waals surface area contributed by atoms with Gasteiger partial charge < -0.3 is 25.5 Å². The minimum Gasteiger partial charge on any atom is -0.481 e. The van der Waals surface area contributed by atoms with Crippen LogP contribution in [0, 0.1) is 5.41 Å². The molecule has 0 unspecified atom stereocenters. The molecule has 176 valence electrons. The zero-order chi connectivity index (χ0) is 23.9. The van der Waals surface area contributed by atoms with Crippen LogP contribution in [0.4, 0.5) is 0 Å². The van der Waals surface area contributed by atoms with Crippen LogP contribution >= 0.6 is 0 Å². The normalized spacial score (nSPS) is 10.1. The molecule has 0 spiro atoms. The van der Waals surface area contributed by atoms with Crippen molar-refractivity contribution in [2.75, 3.05) is 0 Å². The van der Waals surface area contributed by atoms with Crippen molar-refractivity contribution < 1.29 is 30.3 Å². The highest BCUT2D eigenvalue weighted by atomic mass is 16.4. The van der Waals surface area contributed by atoms with Crippen molar-refractivity contribution in [2.45, 2.75) is 133 Å². The Hall–Kier alpha value is -0.690. The minimum absolute atomic E-state index is 0.167. The van der Waals surface area contributed by atoms with Crippen LogP contribution in [0.25, 0.3) is 0 Å². The summed E-state index contributed by atoms with van der Waals surface area (Å²) in [6.45, 7) is 20.4. The van der Waals surface area contributed by atoms with Crippen LogP contribution < -0.4 is 0 Å². The number of hydrogen-bond acceptors (Lipinski definition) is 5. The van der Waals surface area contributed by atoms with Crippen LogP contribution in [-0.4, -0.2) is 55.9 Å². The summed E-state index contributed by atoms with van der Waals surface area (Å²) in [5.41, 5.74) is 0.392. The Morgan fingerprint density at radius 3 is 1.07 bits per heavy atom. The van der Waals surface area contributed by atoms with E-state index in [-0.39, 0.29) is 24.4 Å². The standard InChI is InChI=1S/C10H20O2.4C3H8O/c1-10(2,3)8-6-4-5-7-9(11)12;4*1-3(2)4/h4-8H2,1-3H3,(H,11,12);4*3-4H,1-2H3. The maximum Gasteiger partial charge on any atom is 0.303 e. The maximum absolute atomic E-state index is 10.2. The largest absolute Gasteiger partial charge is 0.481 e. The molecule has 5 N–H and O–H groups in total. The van der Waals surface area contributed by atoms with Gasteiger partial charge in [0.05, 0.1) is 0 Å². The highest BCUT2D eigenvalue weighted by Crippen LogP contribution is 2.22. The maximum atomic E-state index is 10.2. The fraction of sp³-hybridized carbons (Fsp3) is 0.955. The molecule has 0 saturated heterocycles. The number of aliphatic carboxylic acids is 1. The SMILES string of the molecule is CC(C)(C)CCCCCC(=O)O.CC(C)O.CC(C)O.CC(C)O.CC(C)O. The van der Waals surface area contributed by atoms with Crippen LogP contribution in [-0.2, 0) is 4.79 Å². The van der Waals surface area contributed by atoms with Crippen molar-refractivity contribution >= 4 is 5.97 Å². The summed E-state index contributed by atoms with van der Waals surface area (Å²) in [4.78, 5) is 10.2. The van der Waals surface area contributed by atoms with E-state index in [0.717, 1.165) is 19.3 Å². The number of aliphatic hydroxyl groups is 4. The monoisotopic (exact) mass is 412 g/mol. The van der Waals surface area contributed by atoms with Crippen LogP contribution in [0.2, 0.25) is 0 Å². The lowest BCUT2D eigenvalue weighted by molar-refractivity contribution is -0.137. The molecule has 0 fully saturated rings. The smallest absolute Gasteiger partial charge is 0.303 e. The first-order valence-electron chi connectivity index (χ1n) is 10.3. The van der Waals surface area contributed by atoms with Crippen molar-refractivity contribution in [1.29, 1.82) is 0 Å². The van der Waals surface area contributed by atoms with Gasteiger partial charge in [0.1, 0.15) is 0 Å². The molecule has 6 nitrogen and oxygen atoms in total. The zero-order valence-electron chi connectivity index (χ0n) is 20.5. The van der Waals surface area contributed by atoms with Crippen molar-refractivity contribution in [3.8, 4) is 0 Å². The van der Waals surface area contributed by atoms with Gasteiger partial charge in [-0.15, -0.1) is 0 Å². The predicted octanol–water partition coefficient (Wildman–Crippen LogP) is 4.62. The van der Waals surface area contributed by atoms with E-state index < -0.39 is 5.97 Å². The van der Waals surface area contributed by atoms with Crippen LogP contribution in [0.3, 0.4) is 0 Å². The molecule has 6 heteroatoms. The number of unbranched alkanes of at least 4 members (excludes halogenated alkanes) is 2. The average Bonchev–Trinajstić information content (AvgIpc) is 2.33. The lowest BCUT2D eigenvalue weighted by Crippen LogP contribution is -2.04. The molecule has 0 aromatic carbocycles. The van der Waals surface area contributed by atoms with Gasteiger partial charge in [-0.1, -0.05) is 33.6 Å². The fourth-order valence-corrected chi connectivity index (χ4v) is 1.11. The molecule has 0 amide bonds. The van der Waals surface area contributed by atoms with E-state index in [1.807, 2.05) is 0 Å². The number of hydrogen-bond donors (Lipinski definition) is 5. The van der Waals surface area contributed by atoms with E-state index in [9.17, 15) is 4.79 Å². The van der Waals surface area contributed by atoms with E-state index in [1.165, 1.54) is 6.42 Å². The molecule has 0 aliphatic rings. The lowest BCUT2D eigenvalue weighted by atomic mass is 9.89. The third-order valence-corrected chi connectivity index (χ3v) is 1.82. The van der Waals surface area contributed by atoms with Crippen LogP contribution in [0.5, 0.6) is 0 Å². The number of carbonyl (C=O) groups is 1. The Morgan fingerprint density at radius 2 is 0.893 bits per heavy atom. The van der Waals surface area contributed by atoms with Gasteiger partial charge in [0.15, 0.2) is 0 Å².